The van der Waals surface area contributed by atoms with Crippen LogP contribution in [0.5, 0.6) is 0 Å². The van der Waals surface area contributed by atoms with Crippen LogP contribution in [0.2, 0.25) is 5.02 Å². The van der Waals surface area contributed by atoms with Crippen LogP contribution in [0.4, 0.5) is 0 Å². The van der Waals surface area contributed by atoms with Gasteiger partial charge >= 0.3 is 0 Å². The number of nitrogens with two attached hydrogens (primary N) is 1. The van der Waals surface area contributed by atoms with Crippen molar-refractivity contribution in [2.75, 3.05) is 12.8 Å². The summed E-state index contributed by atoms with van der Waals surface area (Å²) in [5.74, 6) is 0.233. The molecular weight excluding hydrogens is 244 g/mol. The Morgan fingerprint density at radius 2 is 2.06 bits per heavy atom. The highest BCUT2D eigenvalue weighted by Gasteiger charge is 2.28. The fraction of sp³-hybridized carbons (Fsp3) is 0.364. The maximum absolute atomic E-state index is 11.3. The second-order valence-electron chi connectivity index (χ2n) is 3.69. The quantitative estimate of drug-likeness (QED) is 0.793. The predicted molar refractivity (Wildman–Crippen MR) is 68.8 cm³/mol. The molecule has 1 amide bonds. The number of rotatable bonds is 5. The van der Waals surface area contributed by atoms with E-state index in [1.807, 2.05) is 24.3 Å². The summed E-state index contributed by atoms with van der Waals surface area (Å²) in [5.41, 5.74) is 4.64. The molecule has 3 N–H and O–H groups in total. The molecule has 1 unspecified atom stereocenters. The Morgan fingerprint density at radius 1 is 1.50 bits per heavy atom. The average Bonchev–Trinajstić information content (AvgIpc) is 2.27. The van der Waals surface area contributed by atoms with Crippen LogP contribution in [-0.4, -0.2) is 24.2 Å². The predicted octanol–water partition coefficient (Wildman–Crippen LogP) is 1.90. The molecule has 0 aliphatic rings. The highest BCUT2D eigenvalue weighted by Crippen LogP contribution is 2.23. The summed E-state index contributed by atoms with van der Waals surface area (Å²) in [7, 11) is 1.73. The number of halogens is 1. The SMILES string of the molecule is CNC(C)(CSc1ccc(Cl)cc1)C(N)=O. The van der Waals surface area contributed by atoms with E-state index in [1.165, 1.54) is 0 Å². The number of carbonyl (C=O) groups excluding carboxylic acids is 1. The van der Waals surface area contributed by atoms with Crippen molar-refractivity contribution in [3.63, 3.8) is 0 Å². The summed E-state index contributed by atoms with van der Waals surface area (Å²) in [6.07, 6.45) is 0. The van der Waals surface area contributed by atoms with Crippen LogP contribution < -0.4 is 11.1 Å². The zero-order valence-corrected chi connectivity index (χ0v) is 10.9. The number of nitrogens with one attached hydrogen (secondary N) is 1. The summed E-state index contributed by atoms with van der Waals surface area (Å²) in [6.45, 7) is 1.79. The summed E-state index contributed by atoms with van der Waals surface area (Å²) in [4.78, 5) is 12.3. The normalized spacial score (nSPS) is 14.4. The van der Waals surface area contributed by atoms with Gasteiger partial charge in [-0.05, 0) is 38.2 Å². The van der Waals surface area contributed by atoms with E-state index in [1.54, 1.807) is 25.7 Å². The van der Waals surface area contributed by atoms with Crippen LogP contribution in [-0.2, 0) is 4.79 Å². The van der Waals surface area contributed by atoms with Crippen molar-refractivity contribution < 1.29 is 4.79 Å². The molecule has 0 aliphatic heterocycles. The van der Waals surface area contributed by atoms with Gasteiger partial charge in [0.05, 0.1) is 0 Å². The lowest BCUT2D eigenvalue weighted by Gasteiger charge is -2.24. The molecule has 3 nitrogen and oxygen atoms in total. The minimum atomic E-state index is -0.690. The molecule has 0 aromatic heterocycles. The Hall–Kier alpha value is -0.710. The number of hydrogen-bond acceptors (Lipinski definition) is 3. The fourth-order valence-electron chi connectivity index (χ4n) is 1.02. The van der Waals surface area contributed by atoms with Crippen LogP contribution in [0.1, 0.15) is 6.92 Å². The van der Waals surface area contributed by atoms with Gasteiger partial charge in [0.1, 0.15) is 5.54 Å². The first kappa shape index (κ1) is 13.4. The first-order chi connectivity index (χ1) is 7.48. The highest BCUT2D eigenvalue weighted by molar-refractivity contribution is 7.99. The Bertz CT molecular complexity index is 369. The van der Waals surface area contributed by atoms with Gasteiger partial charge in [0.15, 0.2) is 0 Å². The van der Waals surface area contributed by atoms with Crippen molar-refractivity contribution in [2.24, 2.45) is 5.73 Å². The van der Waals surface area contributed by atoms with Gasteiger partial charge in [-0.25, -0.2) is 0 Å². The lowest BCUT2D eigenvalue weighted by molar-refractivity contribution is -0.122. The molecule has 1 aromatic carbocycles. The van der Waals surface area contributed by atoms with Crippen LogP contribution in [0.25, 0.3) is 0 Å². The molecule has 0 aliphatic carbocycles. The molecule has 0 radical (unpaired) electrons. The van der Waals surface area contributed by atoms with Gasteiger partial charge in [-0.3, -0.25) is 4.79 Å². The Morgan fingerprint density at radius 3 is 2.50 bits per heavy atom. The number of likely N-dealkylation sites (N-methyl/N-ethyl adjacent to an activating group) is 1. The Labute approximate surface area is 105 Å². The summed E-state index contributed by atoms with van der Waals surface area (Å²) in [6, 6.07) is 7.49. The van der Waals surface area contributed by atoms with Crippen molar-refractivity contribution >= 4 is 29.3 Å². The maximum Gasteiger partial charge on any atom is 0.238 e. The van der Waals surface area contributed by atoms with Crippen LogP contribution in [0.3, 0.4) is 0 Å². The van der Waals surface area contributed by atoms with Gasteiger partial charge in [-0.2, -0.15) is 0 Å². The highest BCUT2D eigenvalue weighted by atomic mass is 35.5. The van der Waals surface area contributed by atoms with Crippen LogP contribution in [0, 0.1) is 0 Å². The molecule has 1 aromatic rings. The van der Waals surface area contributed by atoms with Gasteiger partial charge < -0.3 is 11.1 Å². The first-order valence-corrected chi connectivity index (χ1v) is 6.21. The maximum atomic E-state index is 11.3. The summed E-state index contributed by atoms with van der Waals surface area (Å²) >= 11 is 7.35. The van der Waals surface area contributed by atoms with Gasteiger partial charge in [0.2, 0.25) is 5.91 Å². The van der Waals surface area contributed by atoms with Crippen molar-refractivity contribution in [1.82, 2.24) is 5.32 Å². The van der Waals surface area contributed by atoms with E-state index in [9.17, 15) is 4.79 Å². The lowest BCUT2D eigenvalue weighted by Crippen LogP contribution is -2.53. The molecule has 0 saturated heterocycles. The number of thioether (sulfide) groups is 1. The van der Waals surface area contributed by atoms with E-state index in [4.69, 9.17) is 17.3 Å². The first-order valence-electron chi connectivity index (χ1n) is 4.85. The number of benzene rings is 1. The third-order valence-corrected chi connectivity index (χ3v) is 4.02. The standard InChI is InChI=1S/C11H15ClN2OS/c1-11(14-2,10(13)15)7-16-9-5-3-8(12)4-6-9/h3-6,14H,7H2,1-2H3,(H2,13,15). The zero-order valence-electron chi connectivity index (χ0n) is 9.29. The molecule has 0 saturated carbocycles. The smallest absolute Gasteiger partial charge is 0.238 e. The number of carbonyl (C=O) groups is 1. The van der Waals surface area contributed by atoms with Gasteiger partial charge in [0, 0.05) is 15.7 Å². The van der Waals surface area contributed by atoms with E-state index >= 15 is 0 Å². The Balaban J connectivity index is 2.63. The average molecular weight is 259 g/mol. The molecule has 88 valence electrons. The molecule has 0 bridgehead atoms. The van der Waals surface area contributed by atoms with E-state index in [0.29, 0.717) is 10.8 Å². The fourth-order valence-corrected chi connectivity index (χ4v) is 2.22. The minimum Gasteiger partial charge on any atom is -0.368 e. The summed E-state index contributed by atoms with van der Waals surface area (Å²) < 4.78 is 0. The number of hydrogen-bond donors (Lipinski definition) is 2. The second-order valence-corrected chi connectivity index (χ2v) is 5.17. The largest absolute Gasteiger partial charge is 0.368 e. The van der Waals surface area contributed by atoms with Crippen molar-refractivity contribution in [3.05, 3.63) is 29.3 Å². The summed E-state index contributed by atoms with van der Waals surface area (Å²) in [5, 5.41) is 3.64. The van der Waals surface area contributed by atoms with Gasteiger partial charge in [0.25, 0.3) is 0 Å². The van der Waals surface area contributed by atoms with Crippen molar-refractivity contribution in [2.45, 2.75) is 17.4 Å². The molecule has 0 heterocycles. The van der Waals surface area contributed by atoms with E-state index in [2.05, 4.69) is 5.32 Å². The second kappa shape index (κ2) is 5.57. The number of primary amides is 1. The van der Waals surface area contributed by atoms with Crippen molar-refractivity contribution in [3.8, 4) is 0 Å². The molecule has 1 rings (SSSR count). The van der Waals surface area contributed by atoms with Crippen LogP contribution in [0.15, 0.2) is 29.2 Å². The Kier molecular flexibility index (Phi) is 4.65. The molecule has 1 atom stereocenters. The molecule has 5 heteroatoms. The third kappa shape index (κ3) is 3.40. The van der Waals surface area contributed by atoms with E-state index in [-0.39, 0.29) is 5.91 Å². The van der Waals surface area contributed by atoms with Gasteiger partial charge in [-0.15, -0.1) is 11.8 Å². The van der Waals surface area contributed by atoms with Crippen molar-refractivity contribution in [1.29, 1.82) is 0 Å². The monoisotopic (exact) mass is 258 g/mol. The molecule has 0 fully saturated rings. The molecule has 0 spiro atoms. The van der Waals surface area contributed by atoms with E-state index < -0.39 is 5.54 Å². The molecular formula is C11H15ClN2OS. The van der Waals surface area contributed by atoms with Gasteiger partial charge in [-0.1, -0.05) is 11.6 Å². The number of amides is 1. The van der Waals surface area contributed by atoms with E-state index in [0.717, 1.165) is 4.90 Å². The zero-order chi connectivity index (χ0) is 12.2. The topological polar surface area (TPSA) is 55.1 Å². The third-order valence-electron chi connectivity index (χ3n) is 2.44. The minimum absolute atomic E-state index is 0.350. The lowest BCUT2D eigenvalue weighted by atomic mass is 10.1. The molecule has 16 heavy (non-hydrogen) atoms. The van der Waals surface area contributed by atoms with Crippen LogP contribution >= 0.6 is 23.4 Å².